The molecule has 2 rings (SSSR count). The van der Waals surface area contributed by atoms with Crippen molar-refractivity contribution in [1.82, 2.24) is 9.29 Å². The molecule has 0 unspecified atom stereocenters. The molecule has 100 valence electrons. The quantitative estimate of drug-likeness (QED) is 0.881. The van der Waals surface area contributed by atoms with E-state index in [2.05, 4.69) is 10.3 Å². The molecular weight excluding hydrogens is 250 g/mol. The van der Waals surface area contributed by atoms with E-state index in [4.69, 9.17) is 0 Å². The zero-order valence-corrected chi connectivity index (χ0v) is 11.6. The lowest BCUT2D eigenvalue weighted by Gasteiger charge is -2.29. The molecule has 0 saturated heterocycles. The summed E-state index contributed by atoms with van der Waals surface area (Å²) in [4.78, 5) is 4.00. The first kappa shape index (κ1) is 13.3. The molecule has 1 aromatic heterocycles. The van der Waals surface area contributed by atoms with Gasteiger partial charge in [-0.3, -0.25) is 0 Å². The number of aromatic nitrogens is 1. The SMILES string of the molecule is CNc1cccnc1S(=O)(=O)N(C)CC1CCC1. The smallest absolute Gasteiger partial charge is 0.262 e. The van der Waals surface area contributed by atoms with Crippen molar-refractivity contribution in [3.05, 3.63) is 18.3 Å². The van der Waals surface area contributed by atoms with Gasteiger partial charge >= 0.3 is 0 Å². The lowest BCUT2D eigenvalue weighted by Crippen LogP contribution is -2.35. The van der Waals surface area contributed by atoms with Crippen LogP contribution in [-0.4, -0.2) is 38.3 Å². The van der Waals surface area contributed by atoms with Crippen molar-refractivity contribution in [3.8, 4) is 0 Å². The molecule has 0 aliphatic heterocycles. The minimum atomic E-state index is -3.49. The Balaban J connectivity index is 2.23. The number of rotatable bonds is 5. The van der Waals surface area contributed by atoms with E-state index in [1.165, 1.54) is 16.9 Å². The van der Waals surface area contributed by atoms with Crippen LogP contribution in [0.4, 0.5) is 5.69 Å². The number of nitrogens with one attached hydrogen (secondary N) is 1. The van der Waals surface area contributed by atoms with E-state index in [0.29, 0.717) is 18.2 Å². The van der Waals surface area contributed by atoms with Crippen LogP contribution < -0.4 is 5.32 Å². The van der Waals surface area contributed by atoms with Gasteiger partial charge in [0.05, 0.1) is 5.69 Å². The van der Waals surface area contributed by atoms with Crippen LogP contribution in [0.15, 0.2) is 23.4 Å². The van der Waals surface area contributed by atoms with E-state index >= 15 is 0 Å². The van der Waals surface area contributed by atoms with Crippen LogP contribution in [0, 0.1) is 5.92 Å². The molecule has 0 amide bonds. The molecule has 0 spiro atoms. The fraction of sp³-hybridized carbons (Fsp3) is 0.583. The van der Waals surface area contributed by atoms with Crippen molar-refractivity contribution < 1.29 is 8.42 Å². The fourth-order valence-corrected chi connectivity index (χ4v) is 3.42. The number of nitrogens with zero attached hydrogens (tertiary/aromatic N) is 2. The molecule has 1 fully saturated rings. The van der Waals surface area contributed by atoms with E-state index in [-0.39, 0.29) is 5.03 Å². The van der Waals surface area contributed by atoms with Gasteiger partial charge in [-0.1, -0.05) is 6.42 Å². The van der Waals surface area contributed by atoms with Crippen LogP contribution in [-0.2, 0) is 10.0 Å². The summed E-state index contributed by atoms with van der Waals surface area (Å²) in [5, 5.41) is 2.98. The average molecular weight is 269 g/mol. The van der Waals surface area contributed by atoms with Crippen molar-refractivity contribution in [1.29, 1.82) is 0 Å². The Kier molecular flexibility index (Phi) is 3.87. The van der Waals surface area contributed by atoms with Crippen LogP contribution in [0.2, 0.25) is 0 Å². The predicted molar refractivity (Wildman–Crippen MR) is 70.9 cm³/mol. The highest BCUT2D eigenvalue weighted by Gasteiger charge is 2.29. The largest absolute Gasteiger partial charge is 0.386 e. The van der Waals surface area contributed by atoms with E-state index < -0.39 is 10.0 Å². The first-order valence-corrected chi connectivity index (χ1v) is 7.59. The van der Waals surface area contributed by atoms with Crippen molar-refractivity contribution in [3.63, 3.8) is 0 Å². The van der Waals surface area contributed by atoms with Gasteiger partial charge < -0.3 is 5.32 Å². The number of pyridine rings is 1. The van der Waals surface area contributed by atoms with Gasteiger partial charge in [0.15, 0.2) is 5.03 Å². The zero-order valence-electron chi connectivity index (χ0n) is 10.8. The van der Waals surface area contributed by atoms with Crippen LogP contribution in [0.3, 0.4) is 0 Å². The van der Waals surface area contributed by atoms with Crippen molar-refractivity contribution >= 4 is 15.7 Å². The highest BCUT2D eigenvalue weighted by molar-refractivity contribution is 7.89. The average Bonchev–Trinajstić information content (AvgIpc) is 2.33. The Bertz CT molecular complexity index is 512. The molecule has 0 bridgehead atoms. The van der Waals surface area contributed by atoms with Crippen LogP contribution >= 0.6 is 0 Å². The molecule has 1 heterocycles. The highest BCUT2D eigenvalue weighted by Crippen LogP contribution is 2.29. The second-order valence-electron chi connectivity index (χ2n) is 4.69. The number of hydrogen-bond donors (Lipinski definition) is 1. The molecule has 0 radical (unpaired) electrons. The molecule has 1 N–H and O–H groups in total. The summed E-state index contributed by atoms with van der Waals surface area (Å²) in [6.07, 6.45) is 4.97. The van der Waals surface area contributed by atoms with Gasteiger partial charge in [0, 0.05) is 26.8 Å². The third-order valence-electron chi connectivity index (χ3n) is 3.44. The van der Waals surface area contributed by atoms with E-state index in [9.17, 15) is 8.42 Å². The zero-order chi connectivity index (χ0) is 13.2. The Morgan fingerprint density at radius 3 is 2.78 bits per heavy atom. The van der Waals surface area contributed by atoms with Crippen LogP contribution in [0.25, 0.3) is 0 Å². The van der Waals surface area contributed by atoms with E-state index in [0.717, 1.165) is 12.8 Å². The maximum atomic E-state index is 12.4. The minimum Gasteiger partial charge on any atom is -0.386 e. The van der Waals surface area contributed by atoms with E-state index in [1.54, 1.807) is 26.2 Å². The van der Waals surface area contributed by atoms with Gasteiger partial charge in [-0.05, 0) is 30.9 Å². The molecule has 18 heavy (non-hydrogen) atoms. The Morgan fingerprint density at radius 2 is 2.22 bits per heavy atom. The summed E-state index contributed by atoms with van der Waals surface area (Å²) < 4.78 is 26.2. The second-order valence-corrected chi connectivity index (χ2v) is 6.65. The summed E-state index contributed by atoms with van der Waals surface area (Å²) in [5.41, 5.74) is 0.540. The molecule has 6 heteroatoms. The highest BCUT2D eigenvalue weighted by atomic mass is 32.2. The molecule has 5 nitrogen and oxygen atoms in total. The summed E-state index contributed by atoms with van der Waals surface area (Å²) >= 11 is 0. The molecule has 1 saturated carbocycles. The molecule has 0 atom stereocenters. The fourth-order valence-electron chi connectivity index (χ4n) is 2.07. The minimum absolute atomic E-state index is 0.106. The molecule has 1 aliphatic carbocycles. The molecule has 1 aliphatic rings. The van der Waals surface area contributed by atoms with Gasteiger partial charge in [-0.15, -0.1) is 0 Å². The monoisotopic (exact) mass is 269 g/mol. The van der Waals surface area contributed by atoms with Gasteiger partial charge in [0.2, 0.25) is 0 Å². The van der Waals surface area contributed by atoms with Crippen LogP contribution in [0.5, 0.6) is 0 Å². The standard InChI is InChI=1S/C12H19N3O2S/c1-13-11-7-4-8-14-12(11)18(16,17)15(2)9-10-5-3-6-10/h4,7-8,10,13H,3,5-6,9H2,1-2H3. The van der Waals surface area contributed by atoms with Crippen LogP contribution in [0.1, 0.15) is 19.3 Å². The van der Waals surface area contributed by atoms with Crippen molar-refractivity contribution in [2.24, 2.45) is 5.92 Å². The maximum absolute atomic E-state index is 12.4. The molecular formula is C12H19N3O2S. The Morgan fingerprint density at radius 1 is 1.50 bits per heavy atom. The Hall–Kier alpha value is -1.14. The summed E-state index contributed by atoms with van der Waals surface area (Å²) in [6, 6.07) is 3.44. The van der Waals surface area contributed by atoms with Gasteiger partial charge in [-0.25, -0.2) is 13.4 Å². The molecule has 0 aromatic carbocycles. The number of anilines is 1. The topological polar surface area (TPSA) is 62.3 Å². The Labute approximate surface area is 108 Å². The van der Waals surface area contributed by atoms with Gasteiger partial charge in [0.1, 0.15) is 0 Å². The van der Waals surface area contributed by atoms with Gasteiger partial charge in [0.25, 0.3) is 10.0 Å². The summed E-state index contributed by atoms with van der Waals surface area (Å²) in [5.74, 6) is 0.506. The lowest BCUT2D eigenvalue weighted by atomic mass is 9.86. The number of sulfonamides is 1. The van der Waals surface area contributed by atoms with Crippen molar-refractivity contribution in [2.45, 2.75) is 24.3 Å². The normalized spacial score (nSPS) is 16.6. The van der Waals surface area contributed by atoms with Gasteiger partial charge in [-0.2, -0.15) is 4.31 Å². The van der Waals surface area contributed by atoms with Crippen molar-refractivity contribution in [2.75, 3.05) is 26.0 Å². The first-order valence-electron chi connectivity index (χ1n) is 6.15. The third-order valence-corrected chi connectivity index (χ3v) is 5.22. The predicted octanol–water partition coefficient (Wildman–Crippen LogP) is 1.54. The van der Waals surface area contributed by atoms with E-state index in [1.807, 2.05) is 0 Å². The first-order chi connectivity index (χ1) is 8.55. The summed E-state index contributed by atoms with van der Waals surface area (Å²) in [7, 11) is -0.170. The summed E-state index contributed by atoms with van der Waals surface area (Å²) in [6.45, 7) is 0.585. The lowest BCUT2D eigenvalue weighted by molar-refractivity contribution is 0.262. The second kappa shape index (κ2) is 5.24. The molecule has 1 aromatic rings. The maximum Gasteiger partial charge on any atom is 0.262 e. The number of hydrogen-bond acceptors (Lipinski definition) is 4. The third kappa shape index (κ3) is 2.49.